The summed E-state index contributed by atoms with van der Waals surface area (Å²) in [7, 11) is 0. The van der Waals surface area contributed by atoms with Crippen LogP contribution >= 0.6 is 0 Å². The van der Waals surface area contributed by atoms with Crippen LogP contribution in [-0.4, -0.2) is 18.5 Å². The minimum absolute atomic E-state index is 0.141. The first kappa shape index (κ1) is 18.5. The van der Waals surface area contributed by atoms with Crippen LogP contribution < -0.4 is 14.8 Å². The van der Waals surface area contributed by atoms with Gasteiger partial charge in [0.15, 0.2) is 17.3 Å². The zero-order chi connectivity index (χ0) is 20.2. The maximum atomic E-state index is 12.4. The lowest BCUT2D eigenvalue weighted by atomic mass is 10.1. The number of hydrogen-bond donors (Lipinski definition) is 1. The number of hydrogen-bond acceptors (Lipinski definition) is 4. The number of anilines is 1. The molecule has 0 aromatic heterocycles. The van der Waals surface area contributed by atoms with E-state index in [1.54, 1.807) is 36.4 Å². The van der Waals surface area contributed by atoms with Crippen molar-refractivity contribution in [1.82, 2.24) is 0 Å². The Morgan fingerprint density at radius 3 is 2.48 bits per heavy atom. The van der Waals surface area contributed by atoms with E-state index in [0.29, 0.717) is 28.3 Å². The van der Waals surface area contributed by atoms with Gasteiger partial charge in [0.2, 0.25) is 6.79 Å². The number of ketones is 1. The van der Waals surface area contributed by atoms with E-state index in [1.165, 1.54) is 6.08 Å². The monoisotopic (exact) mass is 385 g/mol. The van der Waals surface area contributed by atoms with Crippen molar-refractivity contribution in [3.63, 3.8) is 0 Å². The molecule has 0 saturated heterocycles. The molecule has 1 aliphatic rings. The van der Waals surface area contributed by atoms with Gasteiger partial charge in [-0.2, -0.15) is 0 Å². The molecular formula is C24H19NO4. The van der Waals surface area contributed by atoms with Gasteiger partial charge in [0.1, 0.15) is 0 Å². The summed E-state index contributed by atoms with van der Waals surface area (Å²) in [4.78, 5) is 24.8. The second-order valence-corrected chi connectivity index (χ2v) is 6.71. The first-order valence-electron chi connectivity index (χ1n) is 9.19. The fraction of sp³-hybridized carbons (Fsp3) is 0.0833. The third-order valence-corrected chi connectivity index (χ3v) is 4.54. The molecule has 0 saturated carbocycles. The topological polar surface area (TPSA) is 64.6 Å². The Labute approximate surface area is 168 Å². The summed E-state index contributed by atoms with van der Waals surface area (Å²) in [5.74, 6) is 0.896. The predicted octanol–water partition coefficient (Wildman–Crippen LogP) is 4.87. The van der Waals surface area contributed by atoms with E-state index >= 15 is 0 Å². The van der Waals surface area contributed by atoms with Crippen molar-refractivity contribution in [2.45, 2.75) is 6.92 Å². The minimum Gasteiger partial charge on any atom is -0.454 e. The molecule has 0 unspecified atom stereocenters. The molecule has 0 spiro atoms. The Kier molecular flexibility index (Phi) is 5.12. The molecule has 3 aromatic carbocycles. The van der Waals surface area contributed by atoms with E-state index in [2.05, 4.69) is 5.32 Å². The van der Waals surface area contributed by atoms with Gasteiger partial charge in [-0.1, -0.05) is 35.9 Å². The van der Waals surface area contributed by atoms with Crippen molar-refractivity contribution in [2.75, 3.05) is 12.1 Å². The number of carbonyl (C=O) groups excluding carboxylic acids is 2. The van der Waals surface area contributed by atoms with Crippen LogP contribution in [0.3, 0.4) is 0 Å². The second-order valence-electron chi connectivity index (χ2n) is 6.71. The number of fused-ring (bicyclic) bond motifs is 1. The zero-order valence-corrected chi connectivity index (χ0v) is 15.8. The second kappa shape index (κ2) is 8.02. The third kappa shape index (κ3) is 4.35. The Hall–Kier alpha value is -3.86. The summed E-state index contributed by atoms with van der Waals surface area (Å²) < 4.78 is 10.6. The highest BCUT2D eigenvalue weighted by atomic mass is 16.7. The average molecular weight is 385 g/mol. The molecule has 3 aromatic rings. The van der Waals surface area contributed by atoms with E-state index in [9.17, 15) is 9.59 Å². The van der Waals surface area contributed by atoms with Crippen molar-refractivity contribution in [2.24, 2.45) is 0 Å². The standard InChI is InChI=1S/C24H19NO4/c1-16-5-8-18(9-6-16)24(27)25-20-4-2-3-17(13-20)7-11-21(26)19-10-12-22-23(14-19)29-15-28-22/h2-14H,15H2,1H3,(H,25,27)/b11-7+. The number of rotatable bonds is 5. The van der Waals surface area contributed by atoms with Crippen LogP contribution in [0.4, 0.5) is 5.69 Å². The number of benzene rings is 3. The van der Waals surface area contributed by atoms with Gasteiger partial charge < -0.3 is 14.8 Å². The molecule has 144 valence electrons. The molecule has 29 heavy (non-hydrogen) atoms. The fourth-order valence-electron chi connectivity index (χ4n) is 2.95. The van der Waals surface area contributed by atoms with Crippen molar-refractivity contribution >= 4 is 23.5 Å². The number of allylic oxidation sites excluding steroid dienone is 1. The Morgan fingerprint density at radius 1 is 0.897 bits per heavy atom. The predicted molar refractivity (Wildman–Crippen MR) is 112 cm³/mol. The minimum atomic E-state index is -0.178. The Morgan fingerprint density at radius 2 is 1.66 bits per heavy atom. The quantitative estimate of drug-likeness (QED) is 0.503. The largest absolute Gasteiger partial charge is 0.454 e. The summed E-state index contributed by atoms with van der Waals surface area (Å²) in [6.07, 6.45) is 3.22. The molecule has 1 N–H and O–H groups in total. The van der Waals surface area contributed by atoms with Crippen molar-refractivity contribution in [1.29, 1.82) is 0 Å². The van der Waals surface area contributed by atoms with Crippen LogP contribution in [0.2, 0.25) is 0 Å². The van der Waals surface area contributed by atoms with Gasteiger partial charge in [0.05, 0.1) is 0 Å². The zero-order valence-electron chi connectivity index (χ0n) is 15.8. The van der Waals surface area contributed by atoms with E-state index < -0.39 is 0 Å². The highest BCUT2D eigenvalue weighted by molar-refractivity contribution is 6.07. The van der Waals surface area contributed by atoms with Gasteiger partial charge >= 0.3 is 0 Å². The first-order chi connectivity index (χ1) is 14.1. The van der Waals surface area contributed by atoms with Crippen LogP contribution in [0.25, 0.3) is 6.08 Å². The van der Waals surface area contributed by atoms with Crippen LogP contribution in [-0.2, 0) is 0 Å². The maximum Gasteiger partial charge on any atom is 0.255 e. The Balaban J connectivity index is 1.45. The van der Waals surface area contributed by atoms with Gasteiger partial charge in [-0.15, -0.1) is 0 Å². The van der Waals surface area contributed by atoms with Crippen LogP contribution in [0.1, 0.15) is 31.8 Å². The third-order valence-electron chi connectivity index (χ3n) is 4.54. The highest BCUT2D eigenvalue weighted by Gasteiger charge is 2.15. The fourth-order valence-corrected chi connectivity index (χ4v) is 2.95. The molecule has 0 fully saturated rings. The van der Waals surface area contributed by atoms with E-state index in [4.69, 9.17) is 9.47 Å². The van der Waals surface area contributed by atoms with E-state index in [1.807, 2.05) is 43.3 Å². The van der Waals surface area contributed by atoms with E-state index in [0.717, 1.165) is 11.1 Å². The lowest BCUT2D eigenvalue weighted by Crippen LogP contribution is -2.11. The van der Waals surface area contributed by atoms with Gasteiger partial charge in [0, 0.05) is 16.8 Å². The SMILES string of the molecule is Cc1ccc(C(=O)Nc2cccc(/C=C/C(=O)c3ccc4c(c3)OCO4)c2)cc1. The Bertz CT molecular complexity index is 1100. The van der Waals surface area contributed by atoms with E-state index in [-0.39, 0.29) is 18.5 Å². The molecule has 1 aliphatic heterocycles. The molecule has 0 aliphatic carbocycles. The van der Waals surface area contributed by atoms with Gasteiger partial charge in [0.25, 0.3) is 5.91 Å². The number of ether oxygens (including phenoxy) is 2. The van der Waals surface area contributed by atoms with Gasteiger partial charge in [-0.25, -0.2) is 0 Å². The molecule has 0 bridgehead atoms. The van der Waals surface area contributed by atoms with Crippen LogP contribution in [0, 0.1) is 6.92 Å². The molecular weight excluding hydrogens is 366 g/mol. The molecule has 1 amide bonds. The lowest BCUT2D eigenvalue weighted by Gasteiger charge is -2.06. The maximum absolute atomic E-state index is 12.4. The molecule has 5 heteroatoms. The van der Waals surface area contributed by atoms with Crippen molar-refractivity contribution in [3.8, 4) is 11.5 Å². The first-order valence-corrected chi connectivity index (χ1v) is 9.19. The lowest BCUT2D eigenvalue weighted by molar-refractivity contribution is 0.102. The molecule has 1 heterocycles. The van der Waals surface area contributed by atoms with Crippen molar-refractivity contribution < 1.29 is 19.1 Å². The number of aryl methyl sites for hydroxylation is 1. The highest BCUT2D eigenvalue weighted by Crippen LogP contribution is 2.32. The number of carbonyl (C=O) groups is 2. The summed E-state index contributed by atoms with van der Waals surface area (Å²) in [5.41, 5.74) is 3.68. The summed E-state index contributed by atoms with van der Waals surface area (Å²) >= 11 is 0. The van der Waals surface area contributed by atoms with Gasteiger partial charge in [-0.05, 0) is 61.0 Å². The molecule has 5 nitrogen and oxygen atoms in total. The van der Waals surface area contributed by atoms with Crippen molar-refractivity contribution in [3.05, 3.63) is 95.1 Å². The van der Waals surface area contributed by atoms with Crippen LogP contribution in [0.15, 0.2) is 72.8 Å². The average Bonchev–Trinajstić information content (AvgIpc) is 3.20. The van der Waals surface area contributed by atoms with Crippen LogP contribution in [0.5, 0.6) is 11.5 Å². The number of nitrogens with one attached hydrogen (secondary N) is 1. The summed E-state index contributed by atoms with van der Waals surface area (Å²) in [6, 6.07) is 19.8. The van der Waals surface area contributed by atoms with Gasteiger partial charge in [-0.3, -0.25) is 9.59 Å². The summed E-state index contributed by atoms with van der Waals surface area (Å²) in [6.45, 7) is 2.15. The number of amides is 1. The normalized spacial score (nSPS) is 12.2. The summed E-state index contributed by atoms with van der Waals surface area (Å²) in [5, 5.41) is 2.88. The smallest absolute Gasteiger partial charge is 0.255 e. The molecule has 0 radical (unpaired) electrons. The molecule has 0 atom stereocenters. The molecule has 4 rings (SSSR count).